The first kappa shape index (κ1) is 22.6. The van der Waals surface area contributed by atoms with Gasteiger partial charge in [0.15, 0.2) is 0 Å². The van der Waals surface area contributed by atoms with E-state index in [0.717, 1.165) is 33.3 Å². The fraction of sp³-hybridized carbons (Fsp3) is 0.360. The van der Waals surface area contributed by atoms with Crippen LogP contribution in [-0.4, -0.2) is 34.2 Å². The Kier molecular flexibility index (Phi) is 6.51. The third-order valence-electron chi connectivity index (χ3n) is 5.37. The molecule has 1 aromatic heterocycles. The number of pyridine rings is 1. The molecule has 6 nitrogen and oxygen atoms in total. The molecule has 0 aliphatic rings. The normalized spacial score (nSPS) is 11.5. The molecular formula is C25H31N3O3. The molecule has 2 amide bonds. The number of hydrogen-bond donors (Lipinski definition) is 3. The first-order valence-electron chi connectivity index (χ1n) is 10.5. The van der Waals surface area contributed by atoms with E-state index in [1.807, 2.05) is 56.3 Å². The molecule has 0 aliphatic heterocycles. The van der Waals surface area contributed by atoms with E-state index in [2.05, 4.69) is 31.1 Å². The molecule has 6 heteroatoms. The first-order valence-corrected chi connectivity index (χ1v) is 10.5. The van der Waals surface area contributed by atoms with Gasteiger partial charge < -0.3 is 20.3 Å². The average Bonchev–Trinajstić information content (AvgIpc) is 2.68. The number of rotatable bonds is 5. The fourth-order valence-corrected chi connectivity index (χ4v) is 3.87. The summed E-state index contributed by atoms with van der Waals surface area (Å²) >= 11 is 0. The number of urea groups is 1. The van der Waals surface area contributed by atoms with Crippen molar-refractivity contribution in [3.8, 4) is 0 Å². The third-order valence-corrected chi connectivity index (χ3v) is 5.37. The number of aromatic amines is 1. The van der Waals surface area contributed by atoms with E-state index in [4.69, 9.17) is 0 Å². The summed E-state index contributed by atoms with van der Waals surface area (Å²) in [5.41, 5.74) is 4.75. The van der Waals surface area contributed by atoms with Crippen molar-refractivity contribution < 1.29 is 9.90 Å². The third kappa shape index (κ3) is 5.14. The van der Waals surface area contributed by atoms with Crippen LogP contribution in [0.25, 0.3) is 10.9 Å². The van der Waals surface area contributed by atoms with Crippen LogP contribution >= 0.6 is 0 Å². The molecule has 1 heterocycles. The van der Waals surface area contributed by atoms with Crippen molar-refractivity contribution in [2.45, 2.75) is 46.6 Å². The molecule has 0 atom stereocenters. The summed E-state index contributed by atoms with van der Waals surface area (Å²) < 4.78 is 0. The van der Waals surface area contributed by atoms with Crippen molar-refractivity contribution in [1.82, 2.24) is 9.88 Å². The summed E-state index contributed by atoms with van der Waals surface area (Å²) in [4.78, 5) is 30.2. The van der Waals surface area contributed by atoms with E-state index >= 15 is 0 Å². The molecule has 0 spiro atoms. The molecule has 0 fully saturated rings. The number of anilines is 1. The lowest BCUT2D eigenvalue weighted by Crippen LogP contribution is -2.38. The van der Waals surface area contributed by atoms with Gasteiger partial charge in [0.25, 0.3) is 5.56 Å². The number of amides is 2. The van der Waals surface area contributed by atoms with E-state index in [9.17, 15) is 14.7 Å². The highest BCUT2D eigenvalue weighted by Crippen LogP contribution is 2.29. The lowest BCUT2D eigenvalue weighted by Gasteiger charge is -2.26. The molecule has 2 aromatic carbocycles. The maximum absolute atomic E-state index is 13.1. The van der Waals surface area contributed by atoms with Gasteiger partial charge in [-0.05, 0) is 54.0 Å². The summed E-state index contributed by atoms with van der Waals surface area (Å²) in [6, 6.07) is 13.2. The Labute approximate surface area is 182 Å². The Balaban J connectivity index is 1.91. The van der Waals surface area contributed by atoms with Gasteiger partial charge >= 0.3 is 6.03 Å². The number of aryl methyl sites for hydroxylation is 2. The van der Waals surface area contributed by atoms with Crippen molar-refractivity contribution in [2.75, 3.05) is 18.5 Å². The van der Waals surface area contributed by atoms with Gasteiger partial charge in [-0.15, -0.1) is 0 Å². The lowest BCUT2D eigenvalue weighted by molar-refractivity contribution is 0.185. The molecule has 0 unspecified atom stereocenters. The van der Waals surface area contributed by atoms with Gasteiger partial charge in [0.05, 0.1) is 18.7 Å². The molecule has 3 aromatic rings. The van der Waals surface area contributed by atoms with Gasteiger partial charge in [0.1, 0.15) is 0 Å². The van der Waals surface area contributed by atoms with Crippen molar-refractivity contribution in [3.63, 3.8) is 0 Å². The summed E-state index contributed by atoms with van der Waals surface area (Å²) in [5, 5.41) is 13.4. The smallest absolute Gasteiger partial charge is 0.322 e. The minimum Gasteiger partial charge on any atom is -0.395 e. The maximum atomic E-state index is 13.1. The number of carbonyl (C=O) groups excluding carboxylic acids is 1. The van der Waals surface area contributed by atoms with Crippen LogP contribution < -0.4 is 10.9 Å². The molecule has 3 rings (SSSR count). The number of H-pyrrole nitrogens is 1. The molecular weight excluding hydrogens is 390 g/mol. The summed E-state index contributed by atoms with van der Waals surface area (Å²) in [6.45, 7) is 10.2. The van der Waals surface area contributed by atoms with Gasteiger partial charge in [0, 0.05) is 17.8 Å². The minimum atomic E-state index is -0.356. The second kappa shape index (κ2) is 8.94. The van der Waals surface area contributed by atoms with E-state index in [1.165, 1.54) is 4.90 Å². The van der Waals surface area contributed by atoms with Gasteiger partial charge in [-0.3, -0.25) is 4.79 Å². The van der Waals surface area contributed by atoms with Crippen LogP contribution in [0, 0.1) is 13.8 Å². The van der Waals surface area contributed by atoms with Crippen LogP contribution in [0.3, 0.4) is 0 Å². The second-order valence-corrected chi connectivity index (χ2v) is 9.04. The van der Waals surface area contributed by atoms with E-state index in [1.54, 1.807) is 0 Å². The SMILES string of the molecule is Cc1cc(C)c2[nH]c(=O)c(CN(CCO)C(=O)Nc3ccccc3C(C)(C)C)cc2c1. The number of aliphatic hydroxyl groups excluding tert-OH is 1. The zero-order valence-corrected chi connectivity index (χ0v) is 18.9. The quantitative estimate of drug-likeness (QED) is 0.568. The number of aliphatic hydroxyl groups is 1. The molecule has 0 bridgehead atoms. The largest absolute Gasteiger partial charge is 0.395 e. The standard InChI is InChI=1S/C25H31N3O3/c1-16-12-17(2)22-18(13-16)14-19(23(30)27-22)15-28(10-11-29)24(31)26-21-9-7-6-8-20(21)25(3,4)5/h6-9,12-14,29H,10-11,15H2,1-5H3,(H,26,31)(H,27,30). The topological polar surface area (TPSA) is 85.4 Å². The number of benzene rings is 2. The van der Waals surface area contributed by atoms with Crippen molar-refractivity contribution in [2.24, 2.45) is 0 Å². The molecule has 0 saturated carbocycles. The van der Waals surface area contributed by atoms with Crippen LogP contribution in [0.4, 0.5) is 10.5 Å². The Bertz CT molecular complexity index is 1160. The number of nitrogens with one attached hydrogen (secondary N) is 2. The first-order chi connectivity index (χ1) is 14.6. The highest BCUT2D eigenvalue weighted by Gasteiger charge is 2.21. The maximum Gasteiger partial charge on any atom is 0.322 e. The second-order valence-electron chi connectivity index (χ2n) is 9.04. The number of carbonyl (C=O) groups is 1. The Morgan fingerprint density at radius 2 is 1.84 bits per heavy atom. The molecule has 31 heavy (non-hydrogen) atoms. The number of nitrogens with zero attached hydrogens (tertiary/aromatic N) is 1. The number of aromatic nitrogens is 1. The lowest BCUT2D eigenvalue weighted by atomic mass is 9.86. The predicted octanol–water partition coefficient (Wildman–Crippen LogP) is 4.47. The minimum absolute atomic E-state index is 0.0995. The van der Waals surface area contributed by atoms with Crippen molar-refractivity contribution >= 4 is 22.6 Å². The van der Waals surface area contributed by atoms with Crippen LogP contribution in [0.15, 0.2) is 47.3 Å². The van der Waals surface area contributed by atoms with Crippen molar-refractivity contribution in [1.29, 1.82) is 0 Å². The molecule has 164 valence electrons. The van der Waals surface area contributed by atoms with Crippen LogP contribution in [-0.2, 0) is 12.0 Å². The predicted molar refractivity (Wildman–Crippen MR) is 126 cm³/mol. The zero-order valence-electron chi connectivity index (χ0n) is 18.9. The van der Waals surface area contributed by atoms with Crippen LogP contribution in [0.1, 0.15) is 43.0 Å². The molecule has 3 N–H and O–H groups in total. The Morgan fingerprint density at radius 1 is 1.13 bits per heavy atom. The van der Waals surface area contributed by atoms with Gasteiger partial charge in [-0.25, -0.2) is 4.79 Å². The highest BCUT2D eigenvalue weighted by atomic mass is 16.3. The Hall–Kier alpha value is -3.12. The average molecular weight is 422 g/mol. The van der Waals surface area contributed by atoms with Crippen LogP contribution in [0.5, 0.6) is 0 Å². The zero-order chi connectivity index (χ0) is 22.8. The van der Waals surface area contributed by atoms with E-state index in [-0.39, 0.29) is 36.7 Å². The summed E-state index contributed by atoms with van der Waals surface area (Å²) in [6.07, 6.45) is 0. The Morgan fingerprint density at radius 3 is 2.52 bits per heavy atom. The van der Waals surface area contributed by atoms with Gasteiger partial charge in [-0.1, -0.05) is 50.6 Å². The summed E-state index contributed by atoms with van der Waals surface area (Å²) in [5.74, 6) is 0. The number of fused-ring (bicyclic) bond motifs is 1. The monoisotopic (exact) mass is 421 g/mol. The van der Waals surface area contributed by atoms with E-state index < -0.39 is 0 Å². The number of para-hydroxylation sites is 1. The van der Waals surface area contributed by atoms with Crippen molar-refractivity contribution in [3.05, 3.63) is 75.1 Å². The molecule has 0 aliphatic carbocycles. The molecule has 0 radical (unpaired) electrons. The van der Waals surface area contributed by atoms with E-state index in [0.29, 0.717) is 5.56 Å². The summed E-state index contributed by atoms with van der Waals surface area (Å²) in [7, 11) is 0. The fourth-order valence-electron chi connectivity index (χ4n) is 3.87. The van der Waals surface area contributed by atoms with Gasteiger partial charge in [0.2, 0.25) is 0 Å². The highest BCUT2D eigenvalue weighted by molar-refractivity contribution is 5.90. The molecule has 0 saturated heterocycles. The van der Waals surface area contributed by atoms with Gasteiger partial charge in [-0.2, -0.15) is 0 Å². The number of hydrogen-bond acceptors (Lipinski definition) is 3. The van der Waals surface area contributed by atoms with Crippen LogP contribution in [0.2, 0.25) is 0 Å².